The molecule has 1 aromatic heterocycles. The quantitative estimate of drug-likeness (QED) is 0.530. The van der Waals surface area contributed by atoms with Crippen LogP contribution < -0.4 is 14.8 Å². The van der Waals surface area contributed by atoms with E-state index >= 15 is 0 Å². The molecule has 0 unspecified atom stereocenters. The maximum absolute atomic E-state index is 12.5. The van der Waals surface area contributed by atoms with E-state index in [0.717, 1.165) is 9.47 Å². The molecule has 0 bridgehead atoms. The third-order valence-electron chi connectivity index (χ3n) is 4.38. The number of ether oxygens (including phenoxy) is 2. The van der Waals surface area contributed by atoms with E-state index in [2.05, 4.69) is 15.5 Å². The summed E-state index contributed by atoms with van der Waals surface area (Å²) >= 11 is 2.91. The van der Waals surface area contributed by atoms with Crippen LogP contribution in [0.1, 0.15) is 42.5 Å². The first-order valence-electron chi connectivity index (χ1n) is 8.67. The van der Waals surface area contributed by atoms with Crippen molar-refractivity contribution < 1.29 is 14.3 Å². The zero-order chi connectivity index (χ0) is 18.4. The number of Topliss-reactive ketones (excluding diaryl/α,β-unsaturated/α-hetero) is 1. The Morgan fingerprint density at radius 1 is 1.23 bits per heavy atom. The third kappa shape index (κ3) is 4.88. The fourth-order valence-electron chi connectivity index (χ4n) is 2.98. The number of thioether (sulfide) groups is 1. The number of carbonyl (C=O) groups excluding carboxylic acids is 1. The summed E-state index contributed by atoms with van der Waals surface area (Å²) in [5.74, 6) is 1.47. The van der Waals surface area contributed by atoms with Crippen molar-refractivity contribution in [3.05, 3.63) is 23.8 Å². The van der Waals surface area contributed by atoms with E-state index in [1.807, 2.05) is 0 Å². The number of nitrogens with zero attached hydrogens (tertiary/aromatic N) is 2. The molecule has 1 N–H and O–H groups in total. The van der Waals surface area contributed by atoms with Gasteiger partial charge in [-0.25, -0.2) is 0 Å². The highest BCUT2D eigenvalue weighted by atomic mass is 32.2. The van der Waals surface area contributed by atoms with Crippen LogP contribution >= 0.6 is 23.1 Å². The van der Waals surface area contributed by atoms with Gasteiger partial charge < -0.3 is 14.8 Å². The van der Waals surface area contributed by atoms with Crippen LogP contribution in [0.5, 0.6) is 11.5 Å². The molecule has 2 aromatic rings. The van der Waals surface area contributed by atoms with E-state index in [-0.39, 0.29) is 5.78 Å². The van der Waals surface area contributed by atoms with Crippen LogP contribution in [0.25, 0.3) is 0 Å². The van der Waals surface area contributed by atoms with Crippen LogP contribution in [0.3, 0.4) is 0 Å². The molecule has 0 amide bonds. The minimum absolute atomic E-state index is 0.00788. The first-order chi connectivity index (χ1) is 12.7. The van der Waals surface area contributed by atoms with Gasteiger partial charge in [-0.3, -0.25) is 4.79 Å². The largest absolute Gasteiger partial charge is 0.497 e. The molecule has 140 valence electrons. The van der Waals surface area contributed by atoms with Crippen LogP contribution in [0, 0.1) is 0 Å². The van der Waals surface area contributed by atoms with E-state index in [0.29, 0.717) is 28.9 Å². The average molecular weight is 394 g/mol. The molecule has 3 rings (SSSR count). The van der Waals surface area contributed by atoms with Gasteiger partial charge in [0, 0.05) is 12.1 Å². The molecule has 1 saturated carbocycles. The second-order valence-electron chi connectivity index (χ2n) is 6.13. The molecule has 0 radical (unpaired) electrons. The number of carbonyl (C=O) groups is 1. The average Bonchev–Trinajstić information content (AvgIpc) is 3.13. The van der Waals surface area contributed by atoms with Crippen LogP contribution in [0.2, 0.25) is 0 Å². The summed E-state index contributed by atoms with van der Waals surface area (Å²) in [5, 5.41) is 12.7. The van der Waals surface area contributed by atoms with Crippen LogP contribution in [0.15, 0.2) is 22.5 Å². The van der Waals surface area contributed by atoms with Crippen molar-refractivity contribution in [2.24, 2.45) is 0 Å². The molecular formula is C18H23N3O3S2. The van der Waals surface area contributed by atoms with Gasteiger partial charge in [0.1, 0.15) is 11.5 Å². The van der Waals surface area contributed by atoms with Gasteiger partial charge in [-0.15, -0.1) is 10.2 Å². The van der Waals surface area contributed by atoms with Gasteiger partial charge in [0.15, 0.2) is 10.1 Å². The molecule has 1 aromatic carbocycles. The lowest BCUT2D eigenvalue weighted by Crippen LogP contribution is -2.21. The lowest BCUT2D eigenvalue weighted by atomic mass is 9.96. The number of ketones is 1. The summed E-state index contributed by atoms with van der Waals surface area (Å²) in [6, 6.07) is 5.71. The summed E-state index contributed by atoms with van der Waals surface area (Å²) in [7, 11) is 3.13. The van der Waals surface area contributed by atoms with Crippen molar-refractivity contribution in [3.63, 3.8) is 0 Å². The molecule has 1 aliphatic carbocycles. The van der Waals surface area contributed by atoms with E-state index in [9.17, 15) is 4.79 Å². The highest BCUT2D eigenvalue weighted by Gasteiger charge is 2.17. The fourth-order valence-corrected chi connectivity index (χ4v) is 4.69. The molecule has 1 aliphatic rings. The molecule has 0 atom stereocenters. The van der Waals surface area contributed by atoms with E-state index in [1.54, 1.807) is 32.4 Å². The number of benzene rings is 1. The Morgan fingerprint density at radius 3 is 2.77 bits per heavy atom. The van der Waals surface area contributed by atoms with E-state index in [4.69, 9.17) is 9.47 Å². The minimum Gasteiger partial charge on any atom is -0.497 e. The van der Waals surface area contributed by atoms with Crippen LogP contribution in [0.4, 0.5) is 5.13 Å². The fraction of sp³-hybridized carbons (Fsp3) is 0.500. The topological polar surface area (TPSA) is 73.3 Å². The molecule has 8 heteroatoms. The molecular weight excluding hydrogens is 370 g/mol. The lowest BCUT2D eigenvalue weighted by molar-refractivity contribution is 0.101. The van der Waals surface area contributed by atoms with Crippen molar-refractivity contribution in [2.75, 3.05) is 25.3 Å². The van der Waals surface area contributed by atoms with Crippen molar-refractivity contribution in [1.82, 2.24) is 10.2 Å². The molecule has 0 saturated heterocycles. The lowest BCUT2D eigenvalue weighted by Gasteiger charge is -2.21. The Kier molecular flexibility index (Phi) is 6.73. The monoisotopic (exact) mass is 393 g/mol. The number of methoxy groups -OCH3 is 2. The number of nitrogens with one attached hydrogen (secondary N) is 1. The van der Waals surface area contributed by atoms with Crippen molar-refractivity contribution in [3.8, 4) is 11.5 Å². The van der Waals surface area contributed by atoms with Gasteiger partial charge >= 0.3 is 0 Å². The maximum atomic E-state index is 12.5. The summed E-state index contributed by atoms with van der Waals surface area (Å²) in [5.41, 5.74) is 0.547. The van der Waals surface area contributed by atoms with Crippen molar-refractivity contribution in [2.45, 2.75) is 42.5 Å². The number of rotatable bonds is 8. The van der Waals surface area contributed by atoms with Gasteiger partial charge in [0.05, 0.1) is 25.5 Å². The smallest absolute Gasteiger partial charge is 0.206 e. The first kappa shape index (κ1) is 19.0. The number of anilines is 1. The number of hydrogen-bond acceptors (Lipinski definition) is 8. The third-order valence-corrected chi connectivity index (χ3v) is 6.36. The second kappa shape index (κ2) is 9.23. The Hall–Kier alpha value is -1.80. The molecule has 6 nitrogen and oxygen atoms in total. The van der Waals surface area contributed by atoms with E-state index in [1.165, 1.54) is 55.2 Å². The zero-order valence-corrected chi connectivity index (χ0v) is 16.6. The summed E-state index contributed by atoms with van der Waals surface area (Å²) in [6.45, 7) is 0. The van der Waals surface area contributed by atoms with Gasteiger partial charge in [0.25, 0.3) is 0 Å². The van der Waals surface area contributed by atoms with Gasteiger partial charge in [0.2, 0.25) is 5.13 Å². The second-order valence-corrected chi connectivity index (χ2v) is 8.33. The SMILES string of the molecule is COc1ccc(C(=O)CSc2nnc(NC3CCCCC3)s2)c(OC)c1. The standard InChI is InChI=1S/C18H23N3O3S2/c1-23-13-8-9-14(16(10-13)24-2)15(22)11-25-18-21-20-17(26-18)19-12-6-4-3-5-7-12/h8-10,12H,3-7,11H2,1-2H3,(H,19,20). The predicted molar refractivity (Wildman–Crippen MR) is 105 cm³/mol. The van der Waals surface area contributed by atoms with Crippen LogP contribution in [-0.2, 0) is 0 Å². The minimum atomic E-state index is -0.00788. The summed E-state index contributed by atoms with van der Waals surface area (Å²) < 4.78 is 11.3. The zero-order valence-electron chi connectivity index (χ0n) is 15.0. The molecule has 1 heterocycles. The molecule has 1 fully saturated rings. The van der Waals surface area contributed by atoms with Gasteiger partial charge in [-0.1, -0.05) is 42.4 Å². The van der Waals surface area contributed by atoms with Crippen molar-refractivity contribution in [1.29, 1.82) is 0 Å². The van der Waals surface area contributed by atoms with Crippen LogP contribution in [-0.4, -0.2) is 42.0 Å². The normalized spacial score (nSPS) is 14.8. The maximum Gasteiger partial charge on any atom is 0.206 e. The number of aromatic nitrogens is 2. The summed E-state index contributed by atoms with van der Waals surface area (Å²) in [4.78, 5) is 12.5. The Labute approximate surface area is 161 Å². The van der Waals surface area contributed by atoms with Gasteiger partial charge in [-0.05, 0) is 25.0 Å². The van der Waals surface area contributed by atoms with Gasteiger partial charge in [-0.2, -0.15) is 0 Å². The molecule has 26 heavy (non-hydrogen) atoms. The predicted octanol–water partition coefficient (Wildman–Crippen LogP) is 4.27. The van der Waals surface area contributed by atoms with E-state index < -0.39 is 0 Å². The number of hydrogen-bond donors (Lipinski definition) is 1. The Morgan fingerprint density at radius 2 is 2.04 bits per heavy atom. The highest BCUT2D eigenvalue weighted by Crippen LogP contribution is 2.30. The first-order valence-corrected chi connectivity index (χ1v) is 10.5. The highest BCUT2D eigenvalue weighted by molar-refractivity contribution is 8.01. The van der Waals surface area contributed by atoms with Crippen molar-refractivity contribution >= 4 is 34.0 Å². The molecule has 0 spiro atoms. The Bertz CT molecular complexity index is 745. The summed E-state index contributed by atoms with van der Waals surface area (Å²) in [6.07, 6.45) is 6.26. The molecule has 0 aliphatic heterocycles. The Balaban J connectivity index is 1.56.